The molecule has 1 aromatic carbocycles. The molecule has 0 aliphatic carbocycles. The van der Waals surface area contributed by atoms with E-state index in [-0.39, 0.29) is 11.8 Å². The number of urea groups is 1. The van der Waals surface area contributed by atoms with Crippen LogP contribution in [0.5, 0.6) is 0 Å². The van der Waals surface area contributed by atoms with Gasteiger partial charge in [0.25, 0.3) is 0 Å². The van der Waals surface area contributed by atoms with E-state index >= 15 is 0 Å². The van der Waals surface area contributed by atoms with Gasteiger partial charge < -0.3 is 15.3 Å². The molecule has 2 N–H and O–H groups in total. The number of anilines is 1. The molecule has 2 rings (SSSR count). The van der Waals surface area contributed by atoms with Crippen molar-refractivity contribution < 1.29 is 14.3 Å². The summed E-state index contributed by atoms with van der Waals surface area (Å²) in [7, 11) is 0. The number of aliphatic hydroxyl groups excluding tert-OH is 1. The lowest BCUT2D eigenvalue weighted by Crippen LogP contribution is -2.33. The van der Waals surface area contributed by atoms with Crippen LogP contribution in [0.3, 0.4) is 0 Å². The molecular weight excluding hydrogens is 223 g/mol. The number of nitrogens with zero attached hydrogens (tertiary/aromatic N) is 1. The van der Waals surface area contributed by atoms with E-state index in [1.54, 1.807) is 19.1 Å². The van der Waals surface area contributed by atoms with Crippen molar-refractivity contribution in [2.45, 2.75) is 19.4 Å². The Kier molecular flexibility index (Phi) is 3.28. The van der Waals surface area contributed by atoms with E-state index in [2.05, 4.69) is 5.32 Å². The fraction of sp³-hybridized carbons (Fsp3) is 0.417. The Morgan fingerprint density at radius 3 is 3.00 bits per heavy atom. The molecule has 0 aromatic heterocycles. The van der Waals surface area contributed by atoms with Gasteiger partial charge in [-0.2, -0.15) is 0 Å². The van der Waals surface area contributed by atoms with Crippen LogP contribution in [-0.2, 0) is 0 Å². The quantitative estimate of drug-likeness (QED) is 0.783. The number of hydrogen-bond donors (Lipinski definition) is 2. The Morgan fingerprint density at radius 2 is 2.35 bits per heavy atom. The maximum Gasteiger partial charge on any atom is 0.321 e. The largest absolute Gasteiger partial charge is 0.391 e. The zero-order valence-electron chi connectivity index (χ0n) is 9.61. The second kappa shape index (κ2) is 4.71. The molecular formula is C12H15FN2O2. The van der Waals surface area contributed by atoms with Gasteiger partial charge in [-0.15, -0.1) is 0 Å². The lowest BCUT2D eigenvalue weighted by molar-refractivity contribution is 0.176. The number of carbonyl (C=O) groups excluding carboxylic acids is 1. The molecule has 92 valence electrons. The summed E-state index contributed by atoms with van der Waals surface area (Å²) >= 11 is 0. The van der Waals surface area contributed by atoms with Crippen LogP contribution >= 0.6 is 0 Å². The molecule has 1 fully saturated rings. The highest BCUT2D eigenvalue weighted by molar-refractivity contribution is 5.90. The van der Waals surface area contributed by atoms with Crippen molar-refractivity contribution in [3.8, 4) is 0 Å². The zero-order valence-corrected chi connectivity index (χ0v) is 9.61. The van der Waals surface area contributed by atoms with E-state index < -0.39 is 6.10 Å². The van der Waals surface area contributed by atoms with Crippen LogP contribution in [0.1, 0.15) is 12.0 Å². The molecule has 0 bridgehead atoms. The number of nitrogens with one attached hydrogen (secondary N) is 1. The van der Waals surface area contributed by atoms with Gasteiger partial charge in [-0.1, -0.05) is 6.07 Å². The lowest BCUT2D eigenvalue weighted by Gasteiger charge is -2.17. The standard InChI is InChI=1S/C12H15FN2O2/c1-8-10(13)3-2-4-11(8)14-12(17)15-6-5-9(16)7-15/h2-4,9,16H,5-7H2,1H3,(H,14,17)/t9-/m0/s1. The highest BCUT2D eigenvalue weighted by Gasteiger charge is 2.24. The van der Waals surface area contributed by atoms with Gasteiger partial charge in [0.2, 0.25) is 0 Å². The minimum Gasteiger partial charge on any atom is -0.391 e. The second-order valence-electron chi connectivity index (χ2n) is 4.23. The number of benzene rings is 1. The minimum absolute atomic E-state index is 0.296. The van der Waals surface area contributed by atoms with Crippen molar-refractivity contribution in [1.29, 1.82) is 0 Å². The highest BCUT2D eigenvalue weighted by Crippen LogP contribution is 2.19. The summed E-state index contributed by atoms with van der Waals surface area (Å²) in [6.45, 7) is 2.48. The summed E-state index contributed by atoms with van der Waals surface area (Å²) in [4.78, 5) is 13.3. The van der Waals surface area contributed by atoms with Gasteiger partial charge in [0.1, 0.15) is 5.82 Å². The summed E-state index contributed by atoms with van der Waals surface area (Å²) in [6.07, 6.45) is 0.143. The van der Waals surface area contributed by atoms with Crippen LogP contribution in [0.25, 0.3) is 0 Å². The van der Waals surface area contributed by atoms with E-state index in [9.17, 15) is 14.3 Å². The first-order valence-corrected chi connectivity index (χ1v) is 5.57. The third-order valence-corrected chi connectivity index (χ3v) is 2.96. The van der Waals surface area contributed by atoms with Gasteiger partial charge in [0.15, 0.2) is 0 Å². The van der Waals surface area contributed by atoms with Crippen LogP contribution in [0.15, 0.2) is 18.2 Å². The Morgan fingerprint density at radius 1 is 1.59 bits per heavy atom. The summed E-state index contributed by atoms with van der Waals surface area (Å²) < 4.78 is 13.3. The number of β-amino-alcohol motifs (C(OH)–C–C–N with tert-alkyl or cyclic N) is 1. The van der Waals surface area contributed by atoms with E-state index in [0.717, 1.165) is 0 Å². The van der Waals surface area contributed by atoms with Crippen molar-refractivity contribution in [2.24, 2.45) is 0 Å². The molecule has 0 radical (unpaired) electrons. The fourth-order valence-electron chi connectivity index (χ4n) is 1.86. The summed E-state index contributed by atoms with van der Waals surface area (Å²) in [5.41, 5.74) is 0.886. The highest BCUT2D eigenvalue weighted by atomic mass is 19.1. The SMILES string of the molecule is Cc1c(F)cccc1NC(=O)N1CC[C@H](O)C1. The maximum absolute atomic E-state index is 13.3. The normalized spacial score (nSPS) is 19.5. The number of rotatable bonds is 1. The van der Waals surface area contributed by atoms with E-state index in [4.69, 9.17) is 0 Å². The zero-order chi connectivity index (χ0) is 12.4. The van der Waals surface area contributed by atoms with Gasteiger partial charge in [-0.05, 0) is 25.5 Å². The number of aliphatic hydroxyl groups is 1. The first-order valence-electron chi connectivity index (χ1n) is 5.57. The molecule has 5 heteroatoms. The van der Waals surface area contributed by atoms with Crippen LogP contribution in [-0.4, -0.2) is 35.2 Å². The summed E-state index contributed by atoms with van der Waals surface area (Å²) in [5, 5.41) is 12.0. The van der Waals surface area contributed by atoms with E-state index in [1.165, 1.54) is 11.0 Å². The van der Waals surface area contributed by atoms with E-state index in [1.807, 2.05) is 0 Å². The third kappa shape index (κ3) is 2.55. The average molecular weight is 238 g/mol. The first kappa shape index (κ1) is 11.9. The maximum atomic E-state index is 13.3. The molecule has 4 nitrogen and oxygen atoms in total. The van der Waals surface area contributed by atoms with Gasteiger partial charge >= 0.3 is 6.03 Å². The van der Waals surface area contributed by atoms with Crippen molar-refractivity contribution >= 4 is 11.7 Å². The molecule has 1 aliphatic rings. The van der Waals surface area contributed by atoms with Crippen LogP contribution < -0.4 is 5.32 Å². The van der Waals surface area contributed by atoms with E-state index in [0.29, 0.717) is 30.8 Å². The fourth-order valence-corrected chi connectivity index (χ4v) is 1.86. The van der Waals surface area contributed by atoms with Crippen molar-refractivity contribution in [3.63, 3.8) is 0 Å². The first-order chi connectivity index (χ1) is 8.08. The predicted molar refractivity (Wildman–Crippen MR) is 62.4 cm³/mol. The summed E-state index contributed by atoms with van der Waals surface area (Å²) in [6, 6.07) is 4.26. The monoisotopic (exact) mass is 238 g/mol. The molecule has 2 amide bonds. The van der Waals surface area contributed by atoms with Crippen LogP contribution in [0, 0.1) is 12.7 Å². The van der Waals surface area contributed by atoms with Crippen molar-refractivity contribution in [3.05, 3.63) is 29.6 Å². The van der Waals surface area contributed by atoms with Crippen LogP contribution in [0.4, 0.5) is 14.9 Å². The summed E-state index contributed by atoms with van der Waals surface area (Å²) in [5.74, 6) is -0.343. The predicted octanol–water partition coefficient (Wildman–Crippen LogP) is 1.73. The smallest absolute Gasteiger partial charge is 0.321 e. The molecule has 1 saturated heterocycles. The number of amides is 2. The number of likely N-dealkylation sites (tertiary alicyclic amines) is 1. The number of hydrogen-bond acceptors (Lipinski definition) is 2. The number of carbonyl (C=O) groups is 1. The van der Waals surface area contributed by atoms with Crippen LogP contribution in [0.2, 0.25) is 0 Å². The average Bonchev–Trinajstić information content (AvgIpc) is 2.72. The Bertz CT molecular complexity index is 437. The van der Waals surface area contributed by atoms with Gasteiger partial charge in [0, 0.05) is 24.3 Å². The second-order valence-corrected chi connectivity index (χ2v) is 4.23. The molecule has 1 atom stereocenters. The van der Waals surface area contributed by atoms with Gasteiger partial charge in [-0.3, -0.25) is 0 Å². The Balaban J connectivity index is 2.06. The Labute approximate surface area is 99.0 Å². The number of halogens is 1. The molecule has 1 aliphatic heterocycles. The molecule has 0 unspecified atom stereocenters. The molecule has 1 heterocycles. The molecule has 17 heavy (non-hydrogen) atoms. The molecule has 0 saturated carbocycles. The topological polar surface area (TPSA) is 52.6 Å². The van der Waals surface area contributed by atoms with Gasteiger partial charge in [-0.25, -0.2) is 9.18 Å². The molecule has 0 spiro atoms. The van der Waals surface area contributed by atoms with Gasteiger partial charge in [0.05, 0.1) is 6.10 Å². The van der Waals surface area contributed by atoms with Crippen molar-refractivity contribution in [1.82, 2.24) is 4.90 Å². The van der Waals surface area contributed by atoms with Crippen molar-refractivity contribution in [2.75, 3.05) is 18.4 Å². The lowest BCUT2D eigenvalue weighted by atomic mass is 10.2. The Hall–Kier alpha value is -1.62. The molecule has 1 aromatic rings. The third-order valence-electron chi connectivity index (χ3n) is 2.96. The minimum atomic E-state index is -0.450.